The number of aryl methyl sites for hydroxylation is 2. The average Bonchev–Trinajstić information content (AvgIpc) is 3.52. The number of hydrogen-bond acceptors (Lipinski definition) is 4. The Kier molecular flexibility index (Phi) is 5.44. The third kappa shape index (κ3) is 4.06. The first kappa shape index (κ1) is 20.2. The fourth-order valence-electron chi connectivity index (χ4n) is 5.75. The molecule has 6 nitrogen and oxygen atoms in total. The second-order valence-electron chi connectivity index (χ2n) is 10.7. The van der Waals surface area contributed by atoms with Crippen molar-refractivity contribution in [3.63, 3.8) is 0 Å². The number of hydrogen-bond donors (Lipinski definition) is 0. The van der Waals surface area contributed by atoms with E-state index in [-0.39, 0.29) is 0 Å². The highest BCUT2D eigenvalue weighted by atomic mass is 15.4. The lowest BCUT2D eigenvalue weighted by molar-refractivity contribution is 0.481. The van der Waals surface area contributed by atoms with Crippen molar-refractivity contribution in [3.8, 4) is 0 Å². The number of nitrogens with zero attached hydrogens (tertiary/aromatic N) is 6. The zero-order valence-electron chi connectivity index (χ0n) is 19.2. The molecule has 2 heterocycles. The van der Waals surface area contributed by atoms with Crippen LogP contribution in [0.5, 0.6) is 0 Å². The van der Waals surface area contributed by atoms with Gasteiger partial charge in [0, 0.05) is 12.1 Å². The van der Waals surface area contributed by atoms with Gasteiger partial charge in [-0.2, -0.15) is 0 Å². The van der Waals surface area contributed by atoms with Gasteiger partial charge in [-0.3, -0.25) is 0 Å². The molecular weight excluding hydrogens is 372 g/mol. The van der Waals surface area contributed by atoms with E-state index in [4.69, 9.17) is 0 Å². The minimum atomic E-state index is 0.454. The van der Waals surface area contributed by atoms with Crippen molar-refractivity contribution in [1.29, 1.82) is 0 Å². The van der Waals surface area contributed by atoms with Crippen molar-refractivity contribution in [1.82, 2.24) is 30.0 Å². The van der Waals surface area contributed by atoms with Crippen LogP contribution in [0.15, 0.2) is 0 Å². The van der Waals surface area contributed by atoms with E-state index >= 15 is 0 Å². The fourth-order valence-corrected chi connectivity index (χ4v) is 5.75. The van der Waals surface area contributed by atoms with Gasteiger partial charge in [0.15, 0.2) is 0 Å². The van der Waals surface area contributed by atoms with Crippen molar-refractivity contribution >= 4 is 0 Å². The smallest absolute Gasteiger partial charge is 0.0859 e. The summed E-state index contributed by atoms with van der Waals surface area (Å²) in [7, 11) is 0. The topological polar surface area (TPSA) is 61.4 Å². The Bertz CT molecular complexity index is 806. The van der Waals surface area contributed by atoms with E-state index in [1.54, 1.807) is 0 Å². The van der Waals surface area contributed by atoms with Gasteiger partial charge in [0.25, 0.3) is 0 Å². The first-order valence-electron chi connectivity index (χ1n) is 12.4. The molecule has 2 fully saturated rings. The van der Waals surface area contributed by atoms with Crippen molar-refractivity contribution < 1.29 is 0 Å². The summed E-state index contributed by atoms with van der Waals surface area (Å²) in [5.74, 6) is 4.08. The molecule has 6 heteroatoms. The third-order valence-corrected chi connectivity index (χ3v) is 7.87. The molecule has 0 unspecified atom stereocenters. The summed E-state index contributed by atoms with van der Waals surface area (Å²) in [6, 6.07) is 0.909. The molecule has 0 aliphatic heterocycles. The molecule has 2 saturated carbocycles. The quantitative estimate of drug-likeness (QED) is 0.717. The van der Waals surface area contributed by atoms with Gasteiger partial charge in [0.1, 0.15) is 0 Å². The van der Waals surface area contributed by atoms with Crippen LogP contribution in [0, 0.1) is 23.7 Å². The number of fused-ring (bicyclic) bond motifs is 4. The highest BCUT2D eigenvalue weighted by molar-refractivity contribution is 5.15. The molecule has 4 atom stereocenters. The summed E-state index contributed by atoms with van der Waals surface area (Å²) >= 11 is 0. The maximum Gasteiger partial charge on any atom is 0.0859 e. The highest BCUT2D eigenvalue weighted by Gasteiger charge is 2.39. The zero-order chi connectivity index (χ0) is 20.8. The van der Waals surface area contributed by atoms with E-state index in [0.717, 1.165) is 36.5 Å². The Balaban J connectivity index is 0.000000128. The Morgan fingerprint density at radius 3 is 1.33 bits per heavy atom. The normalized spacial score (nSPS) is 29.3. The van der Waals surface area contributed by atoms with Crippen LogP contribution in [0.3, 0.4) is 0 Å². The lowest BCUT2D eigenvalue weighted by Gasteiger charge is -2.12. The summed E-state index contributed by atoms with van der Waals surface area (Å²) in [6.45, 7) is 8.75. The van der Waals surface area contributed by atoms with E-state index < -0.39 is 0 Å². The Hall–Kier alpha value is -1.72. The monoisotopic (exact) mass is 410 g/mol. The standard InChI is InChI=1S/2C12H19N3/c2*1-8(2)15-12-6-4-10-7-9(10)3-5-11(12)13-14-15/h2*8-10H,3-7H2,1-2H3/t2*9-,10+/m10/s1. The van der Waals surface area contributed by atoms with E-state index in [1.807, 2.05) is 0 Å². The zero-order valence-corrected chi connectivity index (χ0v) is 19.2. The van der Waals surface area contributed by atoms with Gasteiger partial charge < -0.3 is 0 Å². The van der Waals surface area contributed by atoms with Gasteiger partial charge in [0.2, 0.25) is 0 Å². The summed E-state index contributed by atoms with van der Waals surface area (Å²) in [4.78, 5) is 0. The molecule has 0 N–H and O–H groups in total. The third-order valence-electron chi connectivity index (χ3n) is 7.87. The predicted octanol–water partition coefficient (Wildman–Crippen LogP) is 4.75. The molecule has 2 aromatic heterocycles. The van der Waals surface area contributed by atoms with E-state index in [9.17, 15) is 0 Å². The maximum atomic E-state index is 4.35. The molecule has 30 heavy (non-hydrogen) atoms. The first-order valence-corrected chi connectivity index (χ1v) is 12.4. The summed E-state index contributed by atoms with van der Waals surface area (Å²) < 4.78 is 4.25. The van der Waals surface area contributed by atoms with Crippen LogP contribution in [0.2, 0.25) is 0 Å². The molecule has 0 bridgehead atoms. The largest absolute Gasteiger partial charge is 0.247 e. The summed E-state index contributed by atoms with van der Waals surface area (Å²) in [5.41, 5.74) is 5.37. The lowest BCUT2D eigenvalue weighted by atomic mass is 10.0. The van der Waals surface area contributed by atoms with Crippen LogP contribution in [0.4, 0.5) is 0 Å². The molecule has 0 spiro atoms. The first-order chi connectivity index (χ1) is 14.5. The van der Waals surface area contributed by atoms with Crippen molar-refractivity contribution in [2.45, 2.75) is 104 Å². The van der Waals surface area contributed by atoms with Gasteiger partial charge >= 0.3 is 0 Å². The summed E-state index contributed by atoms with van der Waals surface area (Å²) in [6.07, 6.45) is 13.0. The second kappa shape index (κ2) is 8.08. The predicted molar refractivity (Wildman–Crippen MR) is 117 cm³/mol. The van der Waals surface area contributed by atoms with E-state index in [1.165, 1.54) is 74.1 Å². The fraction of sp³-hybridized carbons (Fsp3) is 0.833. The molecule has 0 aromatic carbocycles. The van der Waals surface area contributed by atoms with E-state index in [2.05, 4.69) is 57.7 Å². The lowest BCUT2D eigenvalue weighted by Crippen LogP contribution is -2.10. The SMILES string of the molecule is CC(C)n1nnc2c1CC[C@@H]1C[C@@H]1CC2.CC(C)n1nnc2c1CC[C@H]1C[C@H]1CC2. The van der Waals surface area contributed by atoms with Gasteiger partial charge in [-0.1, -0.05) is 10.4 Å². The van der Waals surface area contributed by atoms with Gasteiger partial charge in [-0.25, -0.2) is 9.36 Å². The van der Waals surface area contributed by atoms with Gasteiger partial charge in [-0.05, 0) is 116 Å². The van der Waals surface area contributed by atoms with Gasteiger partial charge in [0.05, 0.1) is 22.8 Å². The molecule has 164 valence electrons. The van der Waals surface area contributed by atoms with Crippen molar-refractivity contribution in [3.05, 3.63) is 22.8 Å². The molecule has 0 amide bonds. The molecule has 2 aromatic rings. The van der Waals surface area contributed by atoms with Gasteiger partial charge in [-0.15, -0.1) is 10.2 Å². The minimum Gasteiger partial charge on any atom is -0.247 e. The Morgan fingerprint density at radius 1 is 0.600 bits per heavy atom. The second-order valence-corrected chi connectivity index (χ2v) is 10.7. The molecular formula is C24H38N6. The van der Waals surface area contributed by atoms with Crippen LogP contribution < -0.4 is 0 Å². The molecule has 6 rings (SSSR count). The highest BCUT2D eigenvalue weighted by Crippen LogP contribution is 2.47. The van der Waals surface area contributed by atoms with Crippen molar-refractivity contribution in [2.75, 3.05) is 0 Å². The average molecular weight is 411 g/mol. The Labute approximate surface area is 180 Å². The van der Waals surface area contributed by atoms with Crippen LogP contribution >= 0.6 is 0 Å². The molecule has 0 radical (unpaired) electrons. The maximum absolute atomic E-state index is 4.35. The molecule has 0 saturated heterocycles. The van der Waals surface area contributed by atoms with Crippen LogP contribution in [-0.4, -0.2) is 30.0 Å². The van der Waals surface area contributed by atoms with Crippen LogP contribution in [0.25, 0.3) is 0 Å². The minimum absolute atomic E-state index is 0.454. The molecule has 4 aliphatic carbocycles. The Morgan fingerprint density at radius 2 is 0.967 bits per heavy atom. The molecule has 4 aliphatic rings. The number of aromatic nitrogens is 6. The van der Waals surface area contributed by atoms with Crippen molar-refractivity contribution in [2.24, 2.45) is 23.7 Å². The van der Waals surface area contributed by atoms with Crippen LogP contribution in [0.1, 0.15) is 101 Å². The number of rotatable bonds is 2. The van der Waals surface area contributed by atoms with E-state index in [0.29, 0.717) is 12.1 Å². The summed E-state index contributed by atoms with van der Waals surface area (Å²) in [5, 5.41) is 17.3. The van der Waals surface area contributed by atoms with Crippen LogP contribution in [-0.2, 0) is 25.7 Å².